The number of hydrogen-bond acceptors (Lipinski definition) is 2. The molecule has 0 heterocycles. The lowest BCUT2D eigenvalue weighted by Crippen LogP contribution is -2.06. The number of hydrogen-bond donors (Lipinski definition) is 1. The van der Waals surface area contributed by atoms with Gasteiger partial charge in [0.25, 0.3) is 0 Å². The summed E-state index contributed by atoms with van der Waals surface area (Å²) in [6.45, 7) is 2.11. The average Bonchev–Trinajstić information content (AvgIpc) is 2.41. The standard InChI is InChI=1S/C15H15BrClNO/c1-10(11-3-5-12(17)6-4-11)18-13-7-8-14(16)15(9-13)19-2/h3-10,18H,1-2H3. The van der Waals surface area contributed by atoms with Crippen LogP contribution in [0.5, 0.6) is 5.75 Å². The average molecular weight is 341 g/mol. The Bertz CT molecular complexity index is 557. The van der Waals surface area contributed by atoms with Crippen LogP contribution in [0, 0.1) is 0 Å². The van der Waals surface area contributed by atoms with Crippen molar-refractivity contribution in [1.29, 1.82) is 0 Å². The SMILES string of the molecule is COc1cc(NC(C)c2ccc(Cl)cc2)ccc1Br. The maximum absolute atomic E-state index is 5.89. The minimum atomic E-state index is 0.197. The van der Waals surface area contributed by atoms with E-state index in [1.807, 2.05) is 42.5 Å². The fourth-order valence-corrected chi connectivity index (χ4v) is 2.37. The molecule has 0 amide bonds. The van der Waals surface area contributed by atoms with Crippen molar-refractivity contribution in [2.45, 2.75) is 13.0 Å². The summed E-state index contributed by atoms with van der Waals surface area (Å²) in [4.78, 5) is 0. The van der Waals surface area contributed by atoms with Crippen LogP contribution in [-0.2, 0) is 0 Å². The van der Waals surface area contributed by atoms with Gasteiger partial charge < -0.3 is 10.1 Å². The first-order chi connectivity index (χ1) is 9.10. The molecule has 2 aromatic rings. The van der Waals surface area contributed by atoms with Crippen molar-refractivity contribution in [2.24, 2.45) is 0 Å². The zero-order chi connectivity index (χ0) is 13.8. The smallest absolute Gasteiger partial charge is 0.135 e. The number of benzene rings is 2. The van der Waals surface area contributed by atoms with Crippen molar-refractivity contribution in [2.75, 3.05) is 12.4 Å². The van der Waals surface area contributed by atoms with Gasteiger partial charge in [-0.2, -0.15) is 0 Å². The Labute approximate surface area is 126 Å². The van der Waals surface area contributed by atoms with E-state index in [4.69, 9.17) is 16.3 Å². The molecule has 0 fully saturated rings. The molecule has 0 aliphatic carbocycles. The van der Waals surface area contributed by atoms with Crippen LogP contribution >= 0.6 is 27.5 Å². The molecular formula is C15H15BrClNO. The third kappa shape index (κ3) is 3.64. The summed E-state index contributed by atoms with van der Waals surface area (Å²) >= 11 is 9.33. The van der Waals surface area contributed by atoms with Crippen LogP contribution < -0.4 is 10.1 Å². The summed E-state index contributed by atoms with van der Waals surface area (Å²) in [6, 6.07) is 14.0. The highest BCUT2D eigenvalue weighted by Crippen LogP contribution is 2.29. The molecule has 0 spiro atoms. The largest absolute Gasteiger partial charge is 0.495 e. The van der Waals surface area contributed by atoms with E-state index in [0.29, 0.717) is 0 Å². The number of rotatable bonds is 4. The van der Waals surface area contributed by atoms with Crippen LogP contribution in [-0.4, -0.2) is 7.11 Å². The Kier molecular flexibility index (Phi) is 4.72. The van der Waals surface area contributed by atoms with Gasteiger partial charge in [0.15, 0.2) is 0 Å². The second kappa shape index (κ2) is 6.31. The van der Waals surface area contributed by atoms with Crippen molar-refractivity contribution < 1.29 is 4.74 Å². The lowest BCUT2D eigenvalue weighted by molar-refractivity contribution is 0.412. The zero-order valence-corrected chi connectivity index (χ0v) is 13.1. The number of halogens is 2. The quantitative estimate of drug-likeness (QED) is 0.817. The molecule has 0 saturated carbocycles. The summed E-state index contributed by atoms with van der Waals surface area (Å²) in [5, 5.41) is 4.19. The molecule has 0 saturated heterocycles. The Morgan fingerprint density at radius 2 is 1.84 bits per heavy atom. The van der Waals surface area contributed by atoms with E-state index < -0.39 is 0 Å². The molecule has 2 aromatic carbocycles. The predicted molar refractivity (Wildman–Crippen MR) is 84.2 cm³/mol. The van der Waals surface area contributed by atoms with Gasteiger partial charge in [-0.25, -0.2) is 0 Å². The fraction of sp³-hybridized carbons (Fsp3) is 0.200. The van der Waals surface area contributed by atoms with Crippen molar-refractivity contribution >= 4 is 33.2 Å². The zero-order valence-electron chi connectivity index (χ0n) is 10.8. The van der Waals surface area contributed by atoms with Gasteiger partial charge >= 0.3 is 0 Å². The lowest BCUT2D eigenvalue weighted by Gasteiger charge is -2.16. The van der Waals surface area contributed by atoms with E-state index in [1.165, 1.54) is 5.56 Å². The minimum Gasteiger partial charge on any atom is -0.495 e. The Hall–Kier alpha value is -1.19. The van der Waals surface area contributed by atoms with E-state index in [-0.39, 0.29) is 6.04 Å². The van der Waals surface area contributed by atoms with Crippen molar-refractivity contribution in [3.05, 3.63) is 57.5 Å². The van der Waals surface area contributed by atoms with Gasteiger partial charge in [-0.05, 0) is 52.7 Å². The number of nitrogens with one attached hydrogen (secondary N) is 1. The van der Waals surface area contributed by atoms with Crippen LogP contribution in [0.15, 0.2) is 46.9 Å². The Balaban J connectivity index is 2.14. The second-order valence-electron chi connectivity index (χ2n) is 4.27. The first kappa shape index (κ1) is 14.2. The Morgan fingerprint density at radius 1 is 1.16 bits per heavy atom. The van der Waals surface area contributed by atoms with Gasteiger partial charge in [-0.3, -0.25) is 0 Å². The van der Waals surface area contributed by atoms with Gasteiger partial charge in [-0.15, -0.1) is 0 Å². The van der Waals surface area contributed by atoms with Crippen LogP contribution in [0.25, 0.3) is 0 Å². The van der Waals surface area contributed by atoms with E-state index in [2.05, 4.69) is 28.2 Å². The molecule has 0 bridgehead atoms. The molecule has 100 valence electrons. The topological polar surface area (TPSA) is 21.3 Å². The van der Waals surface area contributed by atoms with Crippen LogP contribution in [0.4, 0.5) is 5.69 Å². The highest BCUT2D eigenvalue weighted by Gasteiger charge is 2.07. The summed E-state index contributed by atoms with van der Waals surface area (Å²) in [6.07, 6.45) is 0. The third-order valence-electron chi connectivity index (χ3n) is 2.90. The number of ether oxygens (including phenoxy) is 1. The minimum absolute atomic E-state index is 0.197. The van der Waals surface area contributed by atoms with Crippen molar-refractivity contribution in [1.82, 2.24) is 0 Å². The number of methoxy groups -OCH3 is 1. The van der Waals surface area contributed by atoms with Gasteiger partial charge in [0, 0.05) is 22.8 Å². The monoisotopic (exact) mass is 339 g/mol. The highest BCUT2D eigenvalue weighted by atomic mass is 79.9. The van der Waals surface area contributed by atoms with E-state index in [9.17, 15) is 0 Å². The Morgan fingerprint density at radius 3 is 2.47 bits per heavy atom. The number of anilines is 1. The van der Waals surface area contributed by atoms with Gasteiger partial charge in [0.1, 0.15) is 5.75 Å². The third-order valence-corrected chi connectivity index (χ3v) is 3.81. The molecule has 0 radical (unpaired) electrons. The van der Waals surface area contributed by atoms with Gasteiger partial charge in [-0.1, -0.05) is 23.7 Å². The lowest BCUT2D eigenvalue weighted by atomic mass is 10.1. The summed E-state index contributed by atoms with van der Waals surface area (Å²) in [5.74, 6) is 0.813. The molecule has 0 aliphatic rings. The molecule has 1 atom stereocenters. The summed E-state index contributed by atoms with van der Waals surface area (Å²) < 4.78 is 6.23. The maximum Gasteiger partial charge on any atom is 0.135 e. The summed E-state index contributed by atoms with van der Waals surface area (Å²) in [5.41, 5.74) is 2.20. The first-order valence-corrected chi connectivity index (χ1v) is 7.13. The molecular weight excluding hydrogens is 326 g/mol. The van der Waals surface area contributed by atoms with Gasteiger partial charge in [0.2, 0.25) is 0 Å². The molecule has 0 aromatic heterocycles. The second-order valence-corrected chi connectivity index (χ2v) is 5.56. The van der Waals surface area contributed by atoms with Crippen molar-refractivity contribution in [3.63, 3.8) is 0 Å². The van der Waals surface area contributed by atoms with Crippen LogP contribution in [0.3, 0.4) is 0 Å². The molecule has 2 rings (SSSR count). The maximum atomic E-state index is 5.89. The van der Waals surface area contributed by atoms with Crippen molar-refractivity contribution in [3.8, 4) is 5.75 Å². The van der Waals surface area contributed by atoms with Crippen LogP contribution in [0.1, 0.15) is 18.5 Å². The molecule has 0 aliphatic heterocycles. The predicted octanol–water partition coefficient (Wildman–Crippen LogP) is 5.28. The summed E-state index contributed by atoms with van der Waals surface area (Å²) in [7, 11) is 1.66. The fourth-order valence-electron chi connectivity index (χ4n) is 1.83. The first-order valence-electron chi connectivity index (χ1n) is 5.95. The molecule has 1 N–H and O–H groups in total. The molecule has 2 nitrogen and oxygen atoms in total. The normalized spacial score (nSPS) is 12.0. The van der Waals surface area contributed by atoms with Crippen LogP contribution in [0.2, 0.25) is 5.02 Å². The van der Waals surface area contributed by atoms with E-state index >= 15 is 0 Å². The molecule has 4 heteroatoms. The molecule has 19 heavy (non-hydrogen) atoms. The van der Waals surface area contributed by atoms with E-state index in [0.717, 1.165) is 20.9 Å². The van der Waals surface area contributed by atoms with E-state index in [1.54, 1.807) is 7.11 Å². The van der Waals surface area contributed by atoms with Gasteiger partial charge in [0.05, 0.1) is 11.6 Å². The highest BCUT2D eigenvalue weighted by molar-refractivity contribution is 9.10. The molecule has 1 unspecified atom stereocenters.